The molecule has 11 heavy (non-hydrogen) atoms. The van der Waals surface area contributed by atoms with Crippen molar-refractivity contribution in [3.63, 3.8) is 0 Å². The molecule has 0 aromatic carbocycles. The third kappa shape index (κ3) is 2.04. The van der Waals surface area contributed by atoms with Gasteiger partial charge in [0.25, 0.3) is 0 Å². The van der Waals surface area contributed by atoms with E-state index in [1.54, 1.807) is 0 Å². The van der Waals surface area contributed by atoms with Crippen LogP contribution in [0.15, 0.2) is 12.7 Å². The van der Waals surface area contributed by atoms with Gasteiger partial charge in [-0.05, 0) is 12.3 Å². The van der Waals surface area contributed by atoms with Crippen molar-refractivity contribution >= 4 is 0 Å². The maximum atomic E-state index is 3.72. The molecule has 0 spiro atoms. The fraction of sp³-hybridized carbons (Fsp3) is 0.778. The van der Waals surface area contributed by atoms with Crippen LogP contribution in [-0.2, 0) is 0 Å². The Morgan fingerprint density at radius 1 is 1.55 bits per heavy atom. The van der Waals surface area contributed by atoms with Crippen LogP contribution in [0.4, 0.5) is 0 Å². The van der Waals surface area contributed by atoms with E-state index in [1.807, 2.05) is 6.08 Å². The van der Waals surface area contributed by atoms with Crippen molar-refractivity contribution in [3.8, 4) is 0 Å². The second-order valence-electron chi connectivity index (χ2n) is 3.59. The molecular weight excluding hydrogens is 136 g/mol. The van der Waals surface area contributed by atoms with E-state index in [1.165, 1.54) is 6.42 Å². The highest BCUT2D eigenvalue weighted by Crippen LogP contribution is 2.28. The van der Waals surface area contributed by atoms with Crippen molar-refractivity contribution in [3.05, 3.63) is 12.7 Å². The van der Waals surface area contributed by atoms with Gasteiger partial charge in [-0.3, -0.25) is 0 Å². The van der Waals surface area contributed by atoms with Crippen LogP contribution in [0.2, 0.25) is 0 Å². The summed E-state index contributed by atoms with van der Waals surface area (Å²) in [5.74, 6) is 0.789. The Kier molecular flexibility index (Phi) is 2.68. The molecule has 0 aromatic heterocycles. The lowest BCUT2D eigenvalue weighted by Gasteiger charge is -1.99. The van der Waals surface area contributed by atoms with Gasteiger partial charge in [0.1, 0.15) is 0 Å². The topological polar surface area (TPSA) is 6.02 Å². The number of hydrogen-bond donors (Lipinski definition) is 0. The van der Waals surface area contributed by atoms with Crippen molar-refractivity contribution in [1.29, 1.82) is 0 Å². The molecule has 3 unspecified atom stereocenters. The summed E-state index contributed by atoms with van der Waals surface area (Å²) in [5.41, 5.74) is 0. The van der Waals surface area contributed by atoms with E-state index in [-0.39, 0.29) is 0 Å². The monoisotopic (exact) mass is 154 g/mol. The van der Waals surface area contributed by atoms with Crippen molar-refractivity contribution in [1.82, 2.24) is 10.0 Å². The largest absolute Gasteiger partial charge is 0.224 e. The summed E-state index contributed by atoms with van der Waals surface area (Å²) in [5, 5.41) is 4.61. The summed E-state index contributed by atoms with van der Waals surface area (Å²) in [6, 6.07) is 0. The minimum Gasteiger partial charge on any atom is -0.224 e. The van der Waals surface area contributed by atoms with Crippen LogP contribution >= 0.6 is 0 Å². The van der Waals surface area contributed by atoms with Gasteiger partial charge in [0, 0.05) is 13.6 Å². The molecular formula is C9H18N2. The molecule has 0 radical (unpaired) electrons. The number of hydrogen-bond acceptors (Lipinski definition) is 2. The normalized spacial score (nSPS) is 35.8. The van der Waals surface area contributed by atoms with E-state index in [0.29, 0.717) is 6.17 Å². The summed E-state index contributed by atoms with van der Waals surface area (Å²) >= 11 is 0. The molecule has 3 atom stereocenters. The maximum Gasteiger partial charge on any atom is 0.0897 e. The highest BCUT2D eigenvalue weighted by Gasteiger charge is 2.40. The Morgan fingerprint density at radius 3 is 2.64 bits per heavy atom. The first-order valence-corrected chi connectivity index (χ1v) is 4.27. The van der Waals surface area contributed by atoms with Crippen LogP contribution in [0, 0.1) is 5.92 Å². The zero-order valence-corrected chi connectivity index (χ0v) is 7.75. The highest BCUT2D eigenvalue weighted by molar-refractivity contribution is 4.86. The molecule has 0 bridgehead atoms. The Bertz CT molecular complexity index is 142. The lowest BCUT2D eigenvalue weighted by Crippen LogP contribution is -2.03. The third-order valence-corrected chi connectivity index (χ3v) is 2.12. The zero-order valence-electron chi connectivity index (χ0n) is 7.75. The molecule has 64 valence electrons. The van der Waals surface area contributed by atoms with Crippen molar-refractivity contribution in [2.75, 3.05) is 13.6 Å². The predicted octanol–water partition coefficient (Wildman–Crippen LogP) is 1.71. The molecule has 2 nitrogen and oxygen atoms in total. The fourth-order valence-electron chi connectivity index (χ4n) is 1.43. The van der Waals surface area contributed by atoms with Gasteiger partial charge in [-0.25, -0.2) is 10.0 Å². The molecule has 1 aliphatic rings. The Balaban J connectivity index is 2.24. The number of hydrazine groups is 1. The predicted molar refractivity (Wildman–Crippen MR) is 47.9 cm³/mol. The molecule has 2 heteroatoms. The van der Waals surface area contributed by atoms with E-state index in [9.17, 15) is 0 Å². The fourth-order valence-corrected chi connectivity index (χ4v) is 1.43. The molecule has 0 amide bonds. The van der Waals surface area contributed by atoms with Gasteiger partial charge in [-0.1, -0.05) is 19.9 Å². The van der Waals surface area contributed by atoms with Gasteiger partial charge in [0.15, 0.2) is 0 Å². The highest BCUT2D eigenvalue weighted by atomic mass is 15.8. The van der Waals surface area contributed by atoms with Crippen molar-refractivity contribution in [2.45, 2.75) is 26.4 Å². The van der Waals surface area contributed by atoms with Crippen molar-refractivity contribution < 1.29 is 0 Å². The van der Waals surface area contributed by atoms with E-state index in [4.69, 9.17) is 0 Å². The van der Waals surface area contributed by atoms with Crippen LogP contribution in [-0.4, -0.2) is 29.8 Å². The second-order valence-corrected chi connectivity index (χ2v) is 3.59. The smallest absolute Gasteiger partial charge is 0.0897 e. The van der Waals surface area contributed by atoms with E-state index >= 15 is 0 Å². The third-order valence-electron chi connectivity index (χ3n) is 2.12. The maximum absolute atomic E-state index is 3.72. The first-order valence-electron chi connectivity index (χ1n) is 4.27. The van der Waals surface area contributed by atoms with Crippen LogP contribution in [0.25, 0.3) is 0 Å². The van der Waals surface area contributed by atoms with Gasteiger partial charge >= 0.3 is 0 Å². The second kappa shape index (κ2) is 3.37. The Labute approximate surface area is 69.5 Å². The quantitative estimate of drug-likeness (QED) is 0.449. The molecule has 1 rings (SSSR count). The average Bonchev–Trinajstić information content (AvgIpc) is 2.45. The molecule has 0 aromatic rings. The summed E-state index contributed by atoms with van der Waals surface area (Å²) in [6.07, 6.45) is 3.90. The molecule has 0 saturated carbocycles. The van der Waals surface area contributed by atoms with E-state index < -0.39 is 0 Å². The summed E-state index contributed by atoms with van der Waals surface area (Å²) < 4.78 is 0. The van der Waals surface area contributed by atoms with Gasteiger partial charge < -0.3 is 0 Å². The first kappa shape index (κ1) is 8.75. The lowest BCUT2D eigenvalue weighted by molar-refractivity contribution is 0.382. The van der Waals surface area contributed by atoms with E-state index in [0.717, 1.165) is 12.5 Å². The lowest BCUT2D eigenvalue weighted by atomic mass is 10.1. The Morgan fingerprint density at radius 2 is 2.18 bits per heavy atom. The molecule has 1 fully saturated rings. The average molecular weight is 154 g/mol. The van der Waals surface area contributed by atoms with Crippen molar-refractivity contribution in [2.24, 2.45) is 5.92 Å². The summed E-state index contributed by atoms with van der Waals surface area (Å²) in [6.45, 7) is 9.24. The number of rotatable bonds is 4. The molecule has 1 saturated heterocycles. The molecule has 1 heterocycles. The van der Waals surface area contributed by atoms with Gasteiger partial charge in [0.05, 0.1) is 6.17 Å². The van der Waals surface area contributed by atoms with Gasteiger partial charge in [-0.15, -0.1) is 6.58 Å². The van der Waals surface area contributed by atoms with Crippen LogP contribution in [0.3, 0.4) is 0 Å². The van der Waals surface area contributed by atoms with E-state index in [2.05, 4.69) is 37.5 Å². The molecule has 0 N–H and O–H groups in total. The van der Waals surface area contributed by atoms with Gasteiger partial charge in [-0.2, -0.15) is 0 Å². The van der Waals surface area contributed by atoms with Gasteiger partial charge in [0.2, 0.25) is 0 Å². The SMILES string of the molecule is C=CCN1C(CC(C)C)N1C. The molecule has 1 aliphatic heterocycles. The minimum atomic E-state index is 0.674. The molecule has 0 aliphatic carbocycles. The summed E-state index contributed by atoms with van der Waals surface area (Å²) in [4.78, 5) is 0. The standard InChI is InChI=1S/C9H18N2/c1-5-6-11-9(10(11)4)7-8(2)3/h5,8-9H,1,6-7H2,2-4H3. The Hall–Kier alpha value is -0.340. The first-order chi connectivity index (χ1) is 5.16. The van der Waals surface area contributed by atoms with Crippen LogP contribution < -0.4 is 0 Å². The van der Waals surface area contributed by atoms with Crippen LogP contribution in [0.5, 0.6) is 0 Å². The summed E-state index contributed by atoms with van der Waals surface area (Å²) in [7, 11) is 2.14. The van der Waals surface area contributed by atoms with Crippen LogP contribution in [0.1, 0.15) is 20.3 Å². The number of nitrogens with zero attached hydrogens (tertiary/aromatic N) is 2. The zero-order chi connectivity index (χ0) is 8.43. The minimum absolute atomic E-state index is 0.674.